The predicted octanol–water partition coefficient (Wildman–Crippen LogP) is 1.20. The molecule has 3 aromatic rings. The summed E-state index contributed by atoms with van der Waals surface area (Å²) in [6.07, 6.45) is 3.88. The molecule has 0 bridgehead atoms. The van der Waals surface area contributed by atoms with Gasteiger partial charge in [0.2, 0.25) is 17.7 Å². The van der Waals surface area contributed by atoms with E-state index in [0.717, 1.165) is 11.1 Å². The lowest BCUT2D eigenvalue weighted by Crippen LogP contribution is -2.51. The summed E-state index contributed by atoms with van der Waals surface area (Å²) in [5.74, 6) is -0.480. The van der Waals surface area contributed by atoms with Gasteiger partial charge in [0.15, 0.2) is 5.65 Å². The molecule has 174 valence electrons. The van der Waals surface area contributed by atoms with E-state index in [9.17, 15) is 14.4 Å². The number of carbonyl (C=O) groups excluding carboxylic acids is 3. The van der Waals surface area contributed by atoms with E-state index in [1.165, 1.54) is 18.1 Å². The third kappa shape index (κ3) is 7.28. The van der Waals surface area contributed by atoms with E-state index >= 15 is 0 Å². The summed E-state index contributed by atoms with van der Waals surface area (Å²) < 4.78 is 0. The predicted molar refractivity (Wildman–Crippen MR) is 125 cm³/mol. The van der Waals surface area contributed by atoms with Gasteiger partial charge in [-0.1, -0.05) is 30.3 Å². The van der Waals surface area contributed by atoms with Crippen LogP contribution >= 0.6 is 11.8 Å². The van der Waals surface area contributed by atoms with Crippen molar-refractivity contribution in [2.24, 2.45) is 0 Å². The average Bonchev–Trinajstić information content (AvgIpc) is 3.29. The van der Waals surface area contributed by atoms with Gasteiger partial charge in [0.25, 0.3) is 0 Å². The number of aromatic nitrogens is 4. The van der Waals surface area contributed by atoms with Gasteiger partial charge in [-0.05, 0) is 25.8 Å². The molecule has 0 spiro atoms. The van der Waals surface area contributed by atoms with Crippen molar-refractivity contribution in [1.82, 2.24) is 35.9 Å². The van der Waals surface area contributed by atoms with Crippen molar-refractivity contribution in [3.05, 3.63) is 48.5 Å². The van der Waals surface area contributed by atoms with Gasteiger partial charge in [0, 0.05) is 18.7 Å². The number of benzene rings is 1. The quantitative estimate of drug-likeness (QED) is 0.244. The molecule has 3 rings (SSSR count). The van der Waals surface area contributed by atoms with Crippen molar-refractivity contribution in [3.63, 3.8) is 0 Å². The lowest BCUT2D eigenvalue weighted by Gasteiger charge is -2.18. The highest BCUT2D eigenvalue weighted by Crippen LogP contribution is 2.22. The molecule has 0 saturated heterocycles. The second-order valence-corrected chi connectivity index (χ2v) is 8.51. The number of aromatic amines is 1. The van der Waals surface area contributed by atoms with Crippen molar-refractivity contribution in [2.45, 2.75) is 43.8 Å². The number of rotatable bonds is 11. The molecular formula is C22H27N7O3S. The Morgan fingerprint density at radius 2 is 1.76 bits per heavy atom. The summed E-state index contributed by atoms with van der Waals surface area (Å²) >= 11 is 1.40. The number of hydrogen-bond acceptors (Lipinski definition) is 7. The van der Waals surface area contributed by atoms with Gasteiger partial charge < -0.3 is 20.9 Å². The summed E-state index contributed by atoms with van der Waals surface area (Å²) in [7, 11) is 0. The van der Waals surface area contributed by atoms with Crippen LogP contribution in [-0.4, -0.2) is 62.0 Å². The van der Waals surface area contributed by atoms with Gasteiger partial charge in [-0.15, -0.1) is 11.8 Å². The average molecular weight is 470 g/mol. The third-order valence-corrected chi connectivity index (χ3v) is 5.83. The van der Waals surface area contributed by atoms with Gasteiger partial charge in [0.1, 0.15) is 29.0 Å². The fraction of sp³-hybridized carbons (Fsp3) is 0.364. The van der Waals surface area contributed by atoms with Crippen molar-refractivity contribution in [3.8, 4) is 0 Å². The van der Waals surface area contributed by atoms with E-state index in [1.54, 1.807) is 20.2 Å². The number of nitrogens with one attached hydrogen (secondary N) is 4. The maximum Gasteiger partial charge on any atom is 0.242 e. The molecule has 4 N–H and O–H groups in total. The second kappa shape index (κ2) is 12.0. The summed E-state index contributed by atoms with van der Waals surface area (Å²) in [6, 6.07) is 8.34. The maximum atomic E-state index is 12.4. The van der Waals surface area contributed by atoms with Crippen molar-refractivity contribution >= 4 is 40.6 Å². The van der Waals surface area contributed by atoms with E-state index in [-0.39, 0.29) is 18.2 Å². The molecule has 11 heteroatoms. The minimum Gasteiger partial charge on any atom is -0.354 e. The topological polar surface area (TPSA) is 142 Å². The van der Waals surface area contributed by atoms with Crippen LogP contribution in [0.25, 0.3) is 11.2 Å². The monoisotopic (exact) mass is 469 g/mol. The van der Waals surface area contributed by atoms with E-state index < -0.39 is 18.0 Å². The number of nitrogens with zero attached hydrogens (tertiary/aromatic N) is 3. The Hall–Kier alpha value is -3.47. The molecule has 0 saturated carbocycles. The van der Waals surface area contributed by atoms with Crippen LogP contribution < -0.4 is 16.0 Å². The zero-order chi connectivity index (χ0) is 23.6. The Labute approximate surface area is 195 Å². The largest absolute Gasteiger partial charge is 0.354 e. The molecule has 3 amide bonds. The number of H-pyrrole nitrogens is 1. The van der Waals surface area contributed by atoms with E-state index in [4.69, 9.17) is 0 Å². The summed E-state index contributed by atoms with van der Waals surface area (Å²) in [6.45, 7) is 3.67. The van der Waals surface area contributed by atoms with Gasteiger partial charge >= 0.3 is 0 Å². The first kappa shape index (κ1) is 24.2. The molecule has 2 aromatic heterocycles. The standard InChI is InChI=1S/C22H27N7O3S/c1-14(20(31)23-10-8-16-6-4-3-5-7-16)29-21(32)15(2)28-17(30)9-11-33-22-18-19(25-12-24-18)26-13-27-22/h3-7,12-15H,8-11H2,1-2H3,(H,23,31)(H,28,30)(H,29,32)(H,24,25,26,27). The molecule has 2 unspecified atom stereocenters. The van der Waals surface area contributed by atoms with Crippen LogP contribution in [0, 0.1) is 0 Å². The molecule has 0 aliphatic heterocycles. The highest BCUT2D eigenvalue weighted by Gasteiger charge is 2.21. The van der Waals surface area contributed by atoms with Gasteiger partial charge in [-0.2, -0.15) is 0 Å². The molecule has 0 radical (unpaired) electrons. The van der Waals surface area contributed by atoms with Gasteiger partial charge in [-0.3, -0.25) is 14.4 Å². The molecule has 10 nitrogen and oxygen atoms in total. The van der Waals surface area contributed by atoms with Crippen LogP contribution in [0.4, 0.5) is 0 Å². The van der Waals surface area contributed by atoms with E-state index in [2.05, 4.69) is 35.9 Å². The van der Waals surface area contributed by atoms with Crippen LogP contribution in [0.3, 0.4) is 0 Å². The smallest absolute Gasteiger partial charge is 0.242 e. The summed E-state index contributed by atoms with van der Waals surface area (Å²) in [5, 5.41) is 8.81. The highest BCUT2D eigenvalue weighted by molar-refractivity contribution is 7.99. The zero-order valence-electron chi connectivity index (χ0n) is 18.5. The van der Waals surface area contributed by atoms with Crippen molar-refractivity contribution in [2.75, 3.05) is 12.3 Å². The lowest BCUT2D eigenvalue weighted by atomic mass is 10.1. The maximum absolute atomic E-state index is 12.4. The molecule has 33 heavy (non-hydrogen) atoms. The first-order valence-electron chi connectivity index (χ1n) is 10.6. The number of imidazole rings is 1. The Kier molecular flexibility index (Phi) is 8.76. The number of fused-ring (bicyclic) bond motifs is 1. The minimum atomic E-state index is -0.763. The molecule has 0 aliphatic rings. The van der Waals surface area contributed by atoms with E-state index in [1.807, 2.05) is 30.3 Å². The Morgan fingerprint density at radius 3 is 2.55 bits per heavy atom. The zero-order valence-corrected chi connectivity index (χ0v) is 19.3. The van der Waals surface area contributed by atoms with Crippen molar-refractivity contribution < 1.29 is 14.4 Å². The molecule has 2 atom stereocenters. The molecule has 2 heterocycles. The number of hydrogen-bond donors (Lipinski definition) is 4. The lowest BCUT2D eigenvalue weighted by molar-refractivity contribution is -0.131. The first-order valence-corrected chi connectivity index (χ1v) is 11.6. The van der Waals surface area contributed by atoms with Gasteiger partial charge in [0.05, 0.1) is 6.33 Å². The third-order valence-electron chi connectivity index (χ3n) is 4.83. The summed E-state index contributed by atoms with van der Waals surface area (Å²) in [4.78, 5) is 52.1. The molecular weight excluding hydrogens is 442 g/mol. The Balaban J connectivity index is 1.35. The van der Waals surface area contributed by atoms with Crippen LogP contribution in [0.15, 0.2) is 48.0 Å². The first-order chi connectivity index (χ1) is 15.9. The Morgan fingerprint density at radius 1 is 1.00 bits per heavy atom. The highest BCUT2D eigenvalue weighted by atomic mass is 32.2. The van der Waals surface area contributed by atoms with Crippen LogP contribution in [0.2, 0.25) is 0 Å². The fourth-order valence-corrected chi connectivity index (χ4v) is 3.90. The Bertz CT molecular complexity index is 1090. The van der Waals surface area contributed by atoms with Gasteiger partial charge in [-0.25, -0.2) is 15.0 Å². The van der Waals surface area contributed by atoms with Crippen LogP contribution in [-0.2, 0) is 20.8 Å². The molecule has 0 aliphatic carbocycles. The van der Waals surface area contributed by atoms with Crippen LogP contribution in [0.1, 0.15) is 25.8 Å². The minimum absolute atomic E-state index is 0.206. The number of carbonyl (C=O) groups is 3. The number of amides is 3. The normalized spacial score (nSPS) is 12.7. The molecule has 1 aromatic carbocycles. The summed E-state index contributed by atoms with van der Waals surface area (Å²) in [5.41, 5.74) is 2.42. The number of thioether (sulfide) groups is 1. The molecule has 0 fully saturated rings. The van der Waals surface area contributed by atoms with Crippen LogP contribution in [0.5, 0.6) is 0 Å². The second-order valence-electron chi connectivity index (χ2n) is 7.42. The SMILES string of the molecule is CC(NC(=O)CCSc1ncnc2nc[nH]c12)C(=O)NC(C)C(=O)NCCc1ccccc1. The van der Waals surface area contributed by atoms with E-state index in [0.29, 0.717) is 29.4 Å². The fourth-order valence-electron chi connectivity index (χ4n) is 3.00. The van der Waals surface area contributed by atoms with Crippen molar-refractivity contribution in [1.29, 1.82) is 0 Å².